The molecule has 0 heterocycles. The van der Waals surface area contributed by atoms with Gasteiger partial charge in [-0.3, -0.25) is 4.79 Å². The summed E-state index contributed by atoms with van der Waals surface area (Å²) in [5.74, 6) is 0.490. The first-order chi connectivity index (χ1) is 8.16. The molecule has 0 aromatic heterocycles. The highest BCUT2D eigenvalue weighted by Gasteiger charge is 2.16. The van der Waals surface area contributed by atoms with Crippen molar-refractivity contribution in [3.05, 3.63) is 28.8 Å². The molecule has 3 nitrogen and oxygen atoms in total. The Morgan fingerprint density at radius 1 is 1.41 bits per heavy atom. The van der Waals surface area contributed by atoms with E-state index in [1.807, 2.05) is 0 Å². The van der Waals surface area contributed by atoms with E-state index in [9.17, 15) is 9.90 Å². The predicted molar refractivity (Wildman–Crippen MR) is 67.4 cm³/mol. The summed E-state index contributed by atoms with van der Waals surface area (Å²) < 4.78 is 0. The van der Waals surface area contributed by atoms with Gasteiger partial charge in [0.1, 0.15) is 5.75 Å². The van der Waals surface area contributed by atoms with Crippen molar-refractivity contribution in [3.63, 3.8) is 0 Å². The van der Waals surface area contributed by atoms with E-state index in [0.29, 0.717) is 11.5 Å². The van der Waals surface area contributed by atoms with Gasteiger partial charge < -0.3 is 10.4 Å². The second-order valence-corrected chi connectivity index (χ2v) is 4.93. The second-order valence-electron chi connectivity index (χ2n) is 4.53. The largest absolute Gasteiger partial charge is 0.506 e. The molecule has 0 aliphatic heterocycles. The molecule has 1 amide bonds. The molecule has 1 aromatic carbocycles. The first-order valence-corrected chi connectivity index (χ1v) is 6.31. The third-order valence-electron chi connectivity index (χ3n) is 3.24. The number of amides is 1. The number of carbonyl (C=O) groups is 1. The molecule has 0 atom stereocenters. The number of nitrogens with one attached hydrogen (secondary N) is 1. The number of hydrogen-bond donors (Lipinski definition) is 2. The third kappa shape index (κ3) is 3.13. The minimum absolute atomic E-state index is 0.000917. The van der Waals surface area contributed by atoms with Crippen LogP contribution in [0.2, 0.25) is 5.02 Å². The number of phenols is 1. The average molecular weight is 254 g/mol. The number of rotatable bonds is 3. The summed E-state index contributed by atoms with van der Waals surface area (Å²) in [5.41, 5.74) is 0.491. The van der Waals surface area contributed by atoms with Gasteiger partial charge >= 0.3 is 0 Å². The molecule has 0 spiro atoms. The highest BCUT2D eigenvalue weighted by atomic mass is 35.5. The van der Waals surface area contributed by atoms with Gasteiger partial charge in [-0.05, 0) is 37.0 Å². The van der Waals surface area contributed by atoms with Gasteiger partial charge in [-0.15, -0.1) is 0 Å². The van der Waals surface area contributed by atoms with Crippen molar-refractivity contribution >= 4 is 17.5 Å². The number of benzene rings is 1. The van der Waals surface area contributed by atoms with Gasteiger partial charge in [-0.25, -0.2) is 0 Å². The van der Waals surface area contributed by atoms with Crippen molar-refractivity contribution in [3.8, 4) is 5.75 Å². The van der Waals surface area contributed by atoms with Gasteiger partial charge in [0.2, 0.25) is 0 Å². The van der Waals surface area contributed by atoms with E-state index in [1.54, 1.807) is 6.07 Å². The van der Waals surface area contributed by atoms with E-state index in [1.165, 1.54) is 37.8 Å². The fourth-order valence-corrected chi connectivity index (χ4v) is 2.38. The van der Waals surface area contributed by atoms with Crippen molar-refractivity contribution in [2.45, 2.75) is 25.7 Å². The Morgan fingerprint density at radius 3 is 2.76 bits per heavy atom. The van der Waals surface area contributed by atoms with Crippen molar-refractivity contribution in [1.29, 1.82) is 0 Å². The summed E-state index contributed by atoms with van der Waals surface area (Å²) in [5, 5.41) is 12.4. The lowest BCUT2D eigenvalue weighted by atomic mass is 10.1. The summed E-state index contributed by atoms with van der Waals surface area (Å²) in [7, 11) is 0. The van der Waals surface area contributed by atoms with Crippen LogP contribution < -0.4 is 5.32 Å². The molecule has 2 rings (SSSR count). The summed E-state index contributed by atoms with van der Waals surface area (Å²) in [6, 6.07) is 4.50. The van der Waals surface area contributed by atoms with Crippen LogP contribution in [0.1, 0.15) is 36.0 Å². The Kier molecular flexibility index (Phi) is 3.89. The first kappa shape index (κ1) is 12.2. The SMILES string of the molecule is O=C(NCC1CCCC1)c1ccc(O)c(Cl)c1. The molecule has 0 unspecified atom stereocenters. The number of halogens is 1. The fourth-order valence-electron chi connectivity index (χ4n) is 2.20. The summed E-state index contributed by atoms with van der Waals surface area (Å²) in [6.07, 6.45) is 4.95. The van der Waals surface area contributed by atoms with Crippen LogP contribution in [0, 0.1) is 5.92 Å². The molecule has 92 valence electrons. The number of carbonyl (C=O) groups excluding carboxylic acids is 1. The van der Waals surface area contributed by atoms with Gasteiger partial charge in [-0.2, -0.15) is 0 Å². The van der Waals surface area contributed by atoms with Gasteiger partial charge in [0.15, 0.2) is 0 Å². The van der Waals surface area contributed by atoms with Crippen LogP contribution in [0.5, 0.6) is 5.75 Å². The minimum atomic E-state index is -0.126. The van der Waals surface area contributed by atoms with Crippen LogP contribution in [0.4, 0.5) is 0 Å². The molecule has 1 aliphatic carbocycles. The second kappa shape index (κ2) is 5.41. The lowest BCUT2D eigenvalue weighted by Gasteiger charge is -2.10. The van der Waals surface area contributed by atoms with Crippen molar-refractivity contribution in [2.24, 2.45) is 5.92 Å². The molecule has 1 saturated carbocycles. The number of phenolic OH excluding ortho intramolecular Hbond substituents is 1. The Balaban J connectivity index is 1.92. The standard InChI is InChI=1S/C13H16ClNO2/c14-11-7-10(5-6-12(11)16)13(17)15-8-9-3-1-2-4-9/h5-7,9,16H,1-4,8H2,(H,15,17). The topological polar surface area (TPSA) is 49.3 Å². The van der Waals surface area contributed by atoms with Crippen molar-refractivity contribution < 1.29 is 9.90 Å². The summed E-state index contributed by atoms with van der Waals surface area (Å²) >= 11 is 5.76. The van der Waals surface area contributed by atoms with Gasteiger partial charge in [-0.1, -0.05) is 24.4 Å². The molecule has 0 radical (unpaired) electrons. The molecular formula is C13H16ClNO2. The Labute approximate surface area is 106 Å². The van der Waals surface area contributed by atoms with Gasteiger partial charge in [0.05, 0.1) is 5.02 Å². The first-order valence-electron chi connectivity index (χ1n) is 5.93. The Bertz CT molecular complexity index is 414. The van der Waals surface area contributed by atoms with Crippen molar-refractivity contribution in [2.75, 3.05) is 6.54 Å². The third-order valence-corrected chi connectivity index (χ3v) is 3.54. The number of hydrogen-bond acceptors (Lipinski definition) is 2. The van der Waals surface area contributed by atoms with Crippen LogP contribution in [0.15, 0.2) is 18.2 Å². The molecule has 1 fully saturated rings. The Hall–Kier alpha value is -1.22. The lowest BCUT2D eigenvalue weighted by molar-refractivity contribution is 0.0947. The zero-order valence-corrected chi connectivity index (χ0v) is 10.3. The zero-order valence-electron chi connectivity index (χ0n) is 9.58. The lowest BCUT2D eigenvalue weighted by Crippen LogP contribution is -2.28. The van der Waals surface area contributed by atoms with Gasteiger partial charge in [0, 0.05) is 12.1 Å². The fraction of sp³-hybridized carbons (Fsp3) is 0.462. The van der Waals surface area contributed by atoms with Crippen LogP contribution in [0.3, 0.4) is 0 Å². The smallest absolute Gasteiger partial charge is 0.251 e. The van der Waals surface area contributed by atoms with Crippen LogP contribution >= 0.6 is 11.6 Å². The van der Waals surface area contributed by atoms with E-state index in [2.05, 4.69) is 5.32 Å². The van der Waals surface area contributed by atoms with E-state index in [0.717, 1.165) is 6.54 Å². The normalized spacial score (nSPS) is 16.1. The maximum Gasteiger partial charge on any atom is 0.251 e. The molecule has 0 saturated heterocycles. The van der Waals surface area contributed by atoms with Crippen LogP contribution in [-0.4, -0.2) is 17.6 Å². The van der Waals surface area contributed by atoms with Crippen LogP contribution in [0.25, 0.3) is 0 Å². The zero-order chi connectivity index (χ0) is 12.3. The molecule has 1 aliphatic rings. The van der Waals surface area contributed by atoms with E-state index in [-0.39, 0.29) is 16.7 Å². The predicted octanol–water partition coefficient (Wildman–Crippen LogP) is 2.97. The van der Waals surface area contributed by atoms with E-state index < -0.39 is 0 Å². The monoisotopic (exact) mass is 253 g/mol. The highest BCUT2D eigenvalue weighted by molar-refractivity contribution is 6.32. The molecule has 1 aromatic rings. The molecule has 17 heavy (non-hydrogen) atoms. The highest BCUT2D eigenvalue weighted by Crippen LogP contribution is 2.25. The molecule has 0 bridgehead atoms. The Morgan fingerprint density at radius 2 is 2.12 bits per heavy atom. The van der Waals surface area contributed by atoms with Gasteiger partial charge in [0.25, 0.3) is 5.91 Å². The average Bonchev–Trinajstić information content (AvgIpc) is 2.82. The molecular weight excluding hydrogens is 238 g/mol. The van der Waals surface area contributed by atoms with Crippen molar-refractivity contribution in [1.82, 2.24) is 5.32 Å². The molecule has 2 N–H and O–H groups in total. The number of aromatic hydroxyl groups is 1. The van der Waals surface area contributed by atoms with E-state index >= 15 is 0 Å². The maximum atomic E-state index is 11.8. The molecule has 4 heteroatoms. The minimum Gasteiger partial charge on any atom is -0.506 e. The quantitative estimate of drug-likeness (QED) is 0.870. The van der Waals surface area contributed by atoms with Crippen LogP contribution in [-0.2, 0) is 0 Å². The summed E-state index contributed by atoms with van der Waals surface area (Å²) in [4.78, 5) is 11.8. The van der Waals surface area contributed by atoms with E-state index in [4.69, 9.17) is 11.6 Å². The maximum absolute atomic E-state index is 11.8. The summed E-state index contributed by atoms with van der Waals surface area (Å²) in [6.45, 7) is 0.733.